The number of imidazole rings is 1. The molecule has 25 heavy (non-hydrogen) atoms. The second-order valence-electron chi connectivity index (χ2n) is 6.26. The van der Waals surface area contributed by atoms with Gasteiger partial charge in [0.25, 0.3) is 5.91 Å². The van der Waals surface area contributed by atoms with Gasteiger partial charge in [0.05, 0.1) is 6.54 Å². The molecule has 0 saturated carbocycles. The highest BCUT2D eigenvalue weighted by Crippen LogP contribution is 2.20. The van der Waals surface area contributed by atoms with Gasteiger partial charge in [-0.1, -0.05) is 0 Å². The number of aromatic amines is 1. The van der Waals surface area contributed by atoms with Crippen LogP contribution in [0.4, 0.5) is 10.5 Å². The third kappa shape index (κ3) is 4.37. The Bertz CT molecular complexity index is 712. The lowest BCUT2D eigenvalue weighted by atomic mass is 10.0. The molecule has 0 bridgehead atoms. The predicted molar refractivity (Wildman–Crippen MR) is 95.2 cm³/mol. The van der Waals surface area contributed by atoms with Crippen molar-refractivity contribution in [3.05, 3.63) is 48.0 Å². The summed E-state index contributed by atoms with van der Waals surface area (Å²) in [6.45, 7) is 3.23. The van der Waals surface area contributed by atoms with Gasteiger partial charge in [0.15, 0.2) is 0 Å². The van der Waals surface area contributed by atoms with Gasteiger partial charge in [-0.25, -0.2) is 9.78 Å². The Morgan fingerprint density at radius 3 is 2.76 bits per heavy atom. The summed E-state index contributed by atoms with van der Waals surface area (Å²) >= 11 is 0. The van der Waals surface area contributed by atoms with E-state index in [2.05, 4.69) is 27.5 Å². The van der Waals surface area contributed by atoms with Crippen LogP contribution in [0.2, 0.25) is 0 Å². The smallest absolute Gasteiger partial charge is 0.319 e. The summed E-state index contributed by atoms with van der Waals surface area (Å²) in [6.07, 6.45) is 6.63. The molecule has 132 valence electrons. The van der Waals surface area contributed by atoms with E-state index in [4.69, 9.17) is 0 Å². The molecule has 1 aromatic heterocycles. The first kappa shape index (κ1) is 17.0. The maximum Gasteiger partial charge on any atom is 0.319 e. The molecule has 1 aliphatic heterocycles. The Kier molecular flexibility index (Phi) is 5.33. The van der Waals surface area contributed by atoms with Crippen LogP contribution in [0.15, 0.2) is 36.7 Å². The largest absolute Gasteiger partial charge is 0.347 e. The highest BCUT2D eigenvalue weighted by Gasteiger charge is 2.24. The highest BCUT2D eigenvalue weighted by molar-refractivity contribution is 5.95. The quantitative estimate of drug-likeness (QED) is 0.799. The summed E-state index contributed by atoms with van der Waals surface area (Å²) in [5, 5.41) is 5.45. The molecule has 1 unspecified atom stereocenters. The Hall–Kier alpha value is -2.83. The lowest BCUT2D eigenvalue weighted by molar-refractivity contribution is 0.0635. The number of hydrogen-bond acceptors (Lipinski definition) is 3. The number of anilines is 1. The second-order valence-corrected chi connectivity index (χ2v) is 6.26. The third-order valence-electron chi connectivity index (χ3n) is 4.42. The fourth-order valence-electron chi connectivity index (χ4n) is 3.00. The van der Waals surface area contributed by atoms with Gasteiger partial charge in [-0.2, -0.15) is 0 Å². The van der Waals surface area contributed by atoms with E-state index in [-0.39, 0.29) is 18.0 Å². The van der Waals surface area contributed by atoms with Gasteiger partial charge in [0.1, 0.15) is 5.82 Å². The van der Waals surface area contributed by atoms with Crippen LogP contribution < -0.4 is 10.6 Å². The van der Waals surface area contributed by atoms with Gasteiger partial charge in [-0.05, 0) is 50.5 Å². The number of carbonyl (C=O) groups is 2. The van der Waals surface area contributed by atoms with E-state index in [0.29, 0.717) is 23.6 Å². The van der Waals surface area contributed by atoms with E-state index in [1.54, 1.807) is 36.7 Å². The summed E-state index contributed by atoms with van der Waals surface area (Å²) in [5.74, 6) is 0.743. The zero-order valence-corrected chi connectivity index (χ0v) is 14.3. The minimum Gasteiger partial charge on any atom is -0.347 e. The molecule has 0 aliphatic carbocycles. The minimum atomic E-state index is -0.319. The summed E-state index contributed by atoms with van der Waals surface area (Å²) in [4.78, 5) is 33.4. The maximum atomic E-state index is 12.6. The first-order chi connectivity index (χ1) is 12.1. The molecule has 1 fully saturated rings. The number of hydrogen-bond donors (Lipinski definition) is 3. The molecule has 1 aromatic carbocycles. The summed E-state index contributed by atoms with van der Waals surface area (Å²) in [6, 6.07) is 6.96. The van der Waals surface area contributed by atoms with Crippen LogP contribution in [0.25, 0.3) is 0 Å². The number of nitrogens with one attached hydrogen (secondary N) is 3. The van der Waals surface area contributed by atoms with Crippen LogP contribution in [0.5, 0.6) is 0 Å². The van der Waals surface area contributed by atoms with E-state index in [1.165, 1.54) is 6.42 Å². The van der Waals surface area contributed by atoms with Crippen LogP contribution in [-0.4, -0.2) is 39.4 Å². The van der Waals surface area contributed by atoms with E-state index in [9.17, 15) is 9.59 Å². The van der Waals surface area contributed by atoms with E-state index in [1.807, 2.05) is 4.90 Å². The first-order valence-corrected chi connectivity index (χ1v) is 8.57. The van der Waals surface area contributed by atoms with Gasteiger partial charge in [0.2, 0.25) is 0 Å². The van der Waals surface area contributed by atoms with Crippen molar-refractivity contribution in [2.45, 2.75) is 38.8 Å². The normalized spacial score (nSPS) is 17.2. The fourth-order valence-corrected chi connectivity index (χ4v) is 3.00. The lowest BCUT2D eigenvalue weighted by Crippen LogP contribution is -2.42. The third-order valence-corrected chi connectivity index (χ3v) is 4.42. The van der Waals surface area contributed by atoms with Crippen molar-refractivity contribution in [3.8, 4) is 0 Å². The number of piperidine rings is 1. The van der Waals surface area contributed by atoms with Gasteiger partial charge in [-0.15, -0.1) is 0 Å². The molecule has 0 spiro atoms. The molecule has 1 aliphatic rings. The van der Waals surface area contributed by atoms with Gasteiger partial charge < -0.3 is 20.5 Å². The Labute approximate surface area is 146 Å². The number of nitrogens with zero attached hydrogens (tertiary/aromatic N) is 2. The van der Waals surface area contributed by atoms with Gasteiger partial charge in [0, 0.05) is 36.2 Å². The molecule has 3 rings (SSSR count). The standard InChI is InChI=1S/C18H23N5O2/c1-13-4-2-3-11-23(13)17(24)14-5-7-15(8-6-14)22-18(25)21-12-16-19-9-10-20-16/h5-10,13H,2-4,11-12H2,1H3,(H,19,20)(H2,21,22,25). The van der Waals surface area contributed by atoms with Crippen molar-refractivity contribution in [1.82, 2.24) is 20.2 Å². The fraction of sp³-hybridized carbons (Fsp3) is 0.389. The number of benzene rings is 1. The number of urea groups is 1. The van der Waals surface area contributed by atoms with Crippen LogP contribution in [0.1, 0.15) is 42.4 Å². The molecular formula is C18H23N5O2. The van der Waals surface area contributed by atoms with Gasteiger partial charge in [-0.3, -0.25) is 4.79 Å². The molecule has 3 N–H and O–H groups in total. The van der Waals surface area contributed by atoms with Crippen LogP contribution >= 0.6 is 0 Å². The molecule has 3 amide bonds. The van der Waals surface area contributed by atoms with Crippen molar-refractivity contribution in [1.29, 1.82) is 0 Å². The van der Waals surface area contributed by atoms with Crippen molar-refractivity contribution in [2.75, 3.05) is 11.9 Å². The van der Waals surface area contributed by atoms with E-state index < -0.39 is 0 Å². The molecule has 7 nitrogen and oxygen atoms in total. The van der Waals surface area contributed by atoms with Crippen LogP contribution in [0.3, 0.4) is 0 Å². The number of amides is 3. The average Bonchev–Trinajstić information content (AvgIpc) is 3.14. The number of likely N-dealkylation sites (tertiary alicyclic amines) is 1. The Morgan fingerprint density at radius 1 is 1.28 bits per heavy atom. The highest BCUT2D eigenvalue weighted by atomic mass is 16.2. The summed E-state index contributed by atoms with van der Waals surface area (Å²) in [5.41, 5.74) is 1.29. The van der Waals surface area contributed by atoms with Gasteiger partial charge >= 0.3 is 6.03 Å². The van der Waals surface area contributed by atoms with Crippen molar-refractivity contribution < 1.29 is 9.59 Å². The van der Waals surface area contributed by atoms with Crippen LogP contribution in [-0.2, 0) is 6.54 Å². The zero-order valence-electron chi connectivity index (χ0n) is 14.3. The summed E-state index contributed by atoms with van der Waals surface area (Å²) in [7, 11) is 0. The average molecular weight is 341 g/mol. The number of carbonyl (C=O) groups excluding carboxylic acids is 2. The number of rotatable bonds is 4. The predicted octanol–water partition coefficient (Wildman–Crippen LogP) is 2.75. The van der Waals surface area contributed by atoms with E-state index in [0.717, 1.165) is 19.4 Å². The minimum absolute atomic E-state index is 0.0565. The second kappa shape index (κ2) is 7.83. The van der Waals surface area contributed by atoms with E-state index >= 15 is 0 Å². The summed E-state index contributed by atoms with van der Waals surface area (Å²) < 4.78 is 0. The molecule has 7 heteroatoms. The monoisotopic (exact) mass is 341 g/mol. The van der Waals surface area contributed by atoms with Crippen molar-refractivity contribution >= 4 is 17.6 Å². The topological polar surface area (TPSA) is 90.1 Å². The maximum absolute atomic E-state index is 12.6. The zero-order chi connectivity index (χ0) is 17.6. The molecular weight excluding hydrogens is 318 g/mol. The Balaban J connectivity index is 1.54. The van der Waals surface area contributed by atoms with Crippen molar-refractivity contribution in [2.24, 2.45) is 0 Å². The molecule has 2 heterocycles. The van der Waals surface area contributed by atoms with Crippen LogP contribution in [0, 0.1) is 0 Å². The SMILES string of the molecule is CC1CCCCN1C(=O)c1ccc(NC(=O)NCc2ncc[nH]2)cc1. The first-order valence-electron chi connectivity index (χ1n) is 8.57. The lowest BCUT2D eigenvalue weighted by Gasteiger charge is -2.33. The number of H-pyrrole nitrogens is 1. The molecule has 2 aromatic rings. The van der Waals surface area contributed by atoms with Crippen molar-refractivity contribution in [3.63, 3.8) is 0 Å². The molecule has 1 atom stereocenters. The Morgan fingerprint density at radius 2 is 2.08 bits per heavy atom. The number of aromatic nitrogens is 2. The molecule has 1 saturated heterocycles. The molecule has 0 radical (unpaired) electrons.